The zero-order valence-corrected chi connectivity index (χ0v) is 13.9. The molecule has 3 rings (SSSR count). The third-order valence-corrected chi connectivity index (χ3v) is 5.99. The molecule has 0 aromatic heterocycles. The van der Waals surface area contributed by atoms with Gasteiger partial charge in [0.25, 0.3) is 0 Å². The smallest absolute Gasteiger partial charge is 0.351 e. The normalized spacial score (nSPS) is 23.4. The molecular weight excluding hydrogens is 339 g/mol. The van der Waals surface area contributed by atoms with Gasteiger partial charge < -0.3 is 10.6 Å². The fraction of sp³-hybridized carbons (Fsp3) is 0.562. The van der Waals surface area contributed by atoms with E-state index < -0.39 is 11.7 Å². The molecule has 1 unspecified atom stereocenters. The maximum absolute atomic E-state index is 12.7. The van der Waals surface area contributed by atoms with Gasteiger partial charge in [-0.1, -0.05) is 12.1 Å². The number of amides is 1. The molecule has 1 atom stereocenters. The molecule has 8 heteroatoms. The molecule has 0 aliphatic carbocycles. The van der Waals surface area contributed by atoms with E-state index in [-0.39, 0.29) is 23.4 Å². The van der Waals surface area contributed by atoms with Crippen LogP contribution in [0.2, 0.25) is 0 Å². The van der Waals surface area contributed by atoms with Crippen molar-refractivity contribution in [2.75, 3.05) is 18.8 Å². The Morgan fingerprint density at radius 2 is 2.08 bits per heavy atom. The molecule has 1 amide bonds. The third kappa shape index (κ3) is 4.04. The van der Waals surface area contributed by atoms with E-state index in [1.807, 2.05) is 0 Å². The summed E-state index contributed by atoms with van der Waals surface area (Å²) in [5.74, 6) is 0.532. The van der Waals surface area contributed by atoms with Crippen LogP contribution >= 0.6 is 11.8 Å². The van der Waals surface area contributed by atoms with Crippen molar-refractivity contribution >= 4 is 17.7 Å². The lowest BCUT2D eigenvalue weighted by molar-refractivity contribution is -0.137. The average Bonchev–Trinajstić information content (AvgIpc) is 2.96. The molecule has 2 aliphatic heterocycles. The molecule has 3 N–H and O–H groups in total. The number of hydrogen-bond donors (Lipinski definition) is 3. The highest BCUT2D eigenvalue weighted by Crippen LogP contribution is 2.37. The van der Waals surface area contributed by atoms with Crippen LogP contribution in [-0.4, -0.2) is 35.7 Å². The van der Waals surface area contributed by atoms with Crippen LogP contribution in [0.5, 0.6) is 0 Å². The van der Waals surface area contributed by atoms with Gasteiger partial charge in [-0.05, 0) is 43.6 Å². The van der Waals surface area contributed by atoms with Gasteiger partial charge in [-0.3, -0.25) is 10.1 Å². The molecule has 2 fully saturated rings. The minimum Gasteiger partial charge on any atom is -0.351 e. The fourth-order valence-corrected chi connectivity index (χ4v) is 4.51. The van der Waals surface area contributed by atoms with Crippen molar-refractivity contribution in [1.82, 2.24) is 16.0 Å². The number of alkyl halides is 3. The molecule has 4 nitrogen and oxygen atoms in total. The highest BCUT2D eigenvalue weighted by molar-refractivity contribution is 8.01. The molecule has 132 valence electrons. The lowest BCUT2D eigenvalue weighted by Gasteiger charge is -2.33. The molecule has 1 aromatic carbocycles. The summed E-state index contributed by atoms with van der Waals surface area (Å²) in [5, 5.41) is 9.45. The van der Waals surface area contributed by atoms with Crippen molar-refractivity contribution in [3.63, 3.8) is 0 Å². The maximum Gasteiger partial charge on any atom is 0.416 e. The number of thioether (sulfide) groups is 1. The van der Waals surface area contributed by atoms with Crippen molar-refractivity contribution in [3.8, 4) is 0 Å². The minimum absolute atomic E-state index is 0.0382. The Kier molecular flexibility index (Phi) is 5.08. The molecule has 0 bridgehead atoms. The van der Waals surface area contributed by atoms with Gasteiger partial charge in [0.2, 0.25) is 5.91 Å². The van der Waals surface area contributed by atoms with E-state index in [1.54, 1.807) is 17.8 Å². The number of halogens is 3. The molecule has 24 heavy (non-hydrogen) atoms. The standard InChI is InChI=1S/C16H20F3N3OS/c17-16(18,19)12-3-1-2-11(8-12)9-21-14(23)13-10-24-15(22-13)4-6-20-7-5-15/h1-3,8,13,20,22H,4-7,9-10H2,(H,21,23). The quantitative estimate of drug-likeness (QED) is 0.774. The molecule has 0 saturated carbocycles. The first-order chi connectivity index (χ1) is 11.4. The second kappa shape index (κ2) is 6.93. The summed E-state index contributed by atoms with van der Waals surface area (Å²) < 4.78 is 38.1. The topological polar surface area (TPSA) is 53.2 Å². The van der Waals surface area contributed by atoms with Crippen LogP contribution in [0, 0.1) is 0 Å². The van der Waals surface area contributed by atoms with Crippen molar-refractivity contribution in [2.24, 2.45) is 0 Å². The minimum atomic E-state index is -4.37. The van der Waals surface area contributed by atoms with Crippen LogP contribution in [0.15, 0.2) is 24.3 Å². The van der Waals surface area contributed by atoms with Gasteiger partial charge in [0.05, 0.1) is 16.5 Å². The Balaban J connectivity index is 1.55. The Labute approximate surface area is 142 Å². The molecular formula is C16H20F3N3OS. The van der Waals surface area contributed by atoms with E-state index >= 15 is 0 Å². The predicted molar refractivity (Wildman–Crippen MR) is 87.5 cm³/mol. The molecule has 1 spiro atoms. The van der Waals surface area contributed by atoms with Crippen molar-refractivity contribution in [1.29, 1.82) is 0 Å². The Hall–Kier alpha value is -1.25. The highest BCUT2D eigenvalue weighted by Gasteiger charge is 2.42. The molecule has 2 aliphatic rings. The first-order valence-corrected chi connectivity index (χ1v) is 8.93. The van der Waals surface area contributed by atoms with Crippen LogP contribution in [0.1, 0.15) is 24.0 Å². The van der Waals surface area contributed by atoms with Gasteiger partial charge >= 0.3 is 6.18 Å². The Morgan fingerprint density at radius 3 is 2.79 bits per heavy atom. The van der Waals surface area contributed by atoms with E-state index in [0.717, 1.165) is 38.1 Å². The van der Waals surface area contributed by atoms with Crippen molar-refractivity contribution in [2.45, 2.75) is 36.5 Å². The van der Waals surface area contributed by atoms with Crippen LogP contribution in [0.3, 0.4) is 0 Å². The molecule has 0 radical (unpaired) electrons. The zero-order valence-electron chi connectivity index (χ0n) is 13.1. The number of nitrogens with one attached hydrogen (secondary N) is 3. The zero-order chi connectivity index (χ0) is 17.2. The number of hydrogen-bond acceptors (Lipinski definition) is 4. The lowest BCUT2D eigenvalue weighted by atomic mass is 10.0. The summed E-state index contributed by atoms with van der Waals surface area (Å²) >= 11 is 1.77. The highest BCUT2D eigenvalue weighted by atomic mass is 32.2. The number of rotatable bonds is 3. The first kappa shape index (κ1) is 17.6. The monoisotopic (exact) mass is 359 g/mol. The second-order valence-corrected chi connectivity index (χ2v) is 7.57. The molecule has 2 saturated heterocycles. The van der Waals surface area contributed by atoms with E-state index in [0.29, 0.717) is 11.3 Å². The van der Waals surface area contributed by atoms with Gasteiger partial charge in [-0.2, -0.15) is 13.2 Å². The average molecular weight is 359 g/mol. The van der Waals surface area contributed by atoms with Crippen LogP contribution in [0.4, 0.5) is 13.2 Å². The van der Waals surface area contributed by atoms with Gasteiger partial charge in [0.15, 0.2) is 0 Å². The van der Waals surface area contributed by atoms with Gasteiger partial charge in [0.1, 0.15) is 0 Å². The Morgan fingerprint density at radius 1 is 1.33 bits per heavy atom. The number of carbonyl (C=O) groups is 1. The Bertz CT molecular complexity index is 602. The number of benzene rings is 1. The van der Waals surface area contributed by atoms with E-state index in [1.165, 1.54) is 6.07 Å². The summed E-state index contributed by atoms with van der Waals surface area (Å²) in [4.78, 5) is 12.3. The largest absolute Gasteiger partial charge is 0.416 e. The van der Waals surface area contributed by atoms with E-state index in [4.69, 9.17) is 0 Å². The van der Waals surface area contributed by atoms with Gasteiger partial charge in [0, 0.05) is 12.3 Å². The van der Waals surface area contributed by atoms with Crippen molar-refractivity contribution < 1.29 is 18.0 Å². The van der Waals surface area contributed by atoms with Gasteiger partial charge in [-0.25, -0.2) is 0 Å². The van der Waals surface area contributed by atoms with Crippen molar-refractivity contribution in [3.05, 3.63) is 35.4 Å². The number of carbonyl (C=O) groups excluding carboxylic acids is 1. The van der Waals surface area contributed by atoms with E-state index in [2.05, 4.69) is 16.0 Å². The molecule has 1 aromatic rings. The SMILES string of the molecule is O=C(NCc1cccc(C(F)(F)F)c1)C1CSC2(CCNCC2)N1. The summed E-state index contributed by atoms with van der Waals surface area (Å²) in [6, 6.07) is 4.75. The predicted octanol–water partition coefficient (Wildman–Crippen LogP) is 2.11. The summed E-state index contributed by atoms with van der Waals surface area (Å²) in [6.07, 6.45) is -2.44. The summed E-state index contributed by atoms with van der Waals surface area (Å²) in [6.45, 7) is 1.96. The number of piperidine rings is 1. The summed E-state index contributed by atoms with van der Waals surface area (Å²) in [5.41, 5.74) is -0.252. The first-order valence-electron chi connectivity index (χ1n) is 7.94. The fourth-order valence-electron chi connectivity index (χ4n) is 3.07. The maximum atomic E-state index is 12.7. The van der Waals surface area contributed by atoms with E-state index in [9.17, 15) is 18.0 Å². The third-order valence-electron chi connectivity index (χ3n) is 4.41. The van der Waals surface area contributed by atoms with Gasteiger partial charge in [-0.15, -0.1) is 11.8 Å². The van der Waals surface area contributed by atoms with Crippen LogP contribution < -0.4 is 16.0 Å². The molecule has 2 heterocycles. The lowest BCUT2D eigenvalue weighted by Crippen LogP contribution is -2.52. The van der Waals surface area contributed by atoms with Crippen LogP contribution in [-0.2, 0) is 17.5 Å². The summed E-state index contributed by atoms with van der Waals surface area (Å²) in [7, 11) is 0. The van der Waals surface area contributed by atoms with Crippen LogP contribution in [0.25, 0.3) is 0 Å². The second-order valence-electron chi connectivity index (χ2n) is 6.17.